The zero-order valence-electron chi connectivity index (χ0n) is 9.56. The Morgan fingerprint density at radius 2 is 1.67 bits per heavy atom. The smallest absolute Gasteiger partial charge is 0.0749 e. The van der Waals surface area contributed by atoms with E-state index in [1.807, 2.05) is 27.8 Å². The number of hydrogen-bond acceptors (Lipinski definition) is 1. The maximum absolute atomic E-state index is 5.06. The highest BCUT2D eigenvalue weighted by Crippen LogP contribution is 2.16. The largest absolute Gasteiger partial charge is 0.364 e. The van der Waals surface area contributed by atoms with Gasteiger partial charge in [0, 0.05) is 12.6 Å². The van der Waals surface area contributed by atoms with Gasteiger partial charge in [-0.2, -0.15) is 0 Å². The molecule has 0 fully saturated rings. The van der Waals surface area contributed by atoms with Crippen LogP contribution < -0.4 is 0 Å². The molecule has 0 rings (SSSR count). The molecule has 0 aliphatic rings. The summed E-state index contributed by atoms with van der Waals surface area (Å²) >= 11 is 5.06. The van der Waals surface area contributed by atoms with E-state index in [2.05, 4.69) is 25.7 Å². The zero-order chi connectivity index (χ0) is 10.4. The predicted octanol–water partition coefficient (Wildman–Crippen LogP) is 3.48. The van der Waals surface area contributed by atoms with Crippen LogP contribution in [-0.4, -0.2) is 22.5 Å². The average Bonchev–Trinajstić information content (AvgIpc) is 2.06. The van der Waals surface area contributed by atoms with Crippen LogP contribution in [0, 0.1) is 0 Å². The quantitative estimate of drug-likeness (QED) is 0.612. The van der Waals surface area contributed by atoms with Gasteiger partial charge in [-0.1, -0.05) is 33.0 Å². The van der Waals surface area contributed by atoms with Crippen LogP contribution in [0.2, 0.25) is 0 Å². The molecular formula is C10H23NS. The Kier molecular flexibility index (Phi) is 7.70. The first-order chi connectivity index (χ1) is 5.41. The van der Waals surface area contributed by atoms with Crippen LogP contribution in [0.15, 0.2) is 0 Å². The first-order valence-corrected chi connectivity index (χ1v) is 5.07. The van der Waals surface area contributed by atoms with Crippen LogP contribution >= 0.6 is 12.2 Å². The zero-order valence-corrected chi connectivity index (χ0v) is 10.4. The fourth-order valence-electron chi connectivity index (χ4n) is 0.663. The lowest BCUT2D eigenvalue weighted by molar-refractivity contribution is 0.249. The van der Waals surface area contributed by atoms with Crippen LogP contribution in [-0.2, 0) is 0 Å². The summed E-state index contributed by atoms with van der Waals surface area (Å²) in [4.78, 5) is 3.11. The molecular weight excluding hydrogens is 166 g/mol. The second-order valence-corrected chi connectivity index (χ2v) is 3.83. The van der Waals surface area contributed by atoms with Crippen molar-refractivity contribution >= 4 is 17.2 Å². The van der Waals surface area contributed by atoms with Gasteiger partial charge >= 0.3 is 0 Å². The first kappa shape index (κ1) is 14.4. The summed E-state index contributed by atoms with van der Waals surface area (Å²) in [5, 5.41) is 0. The van der Waals surface area contributed by atoms with Crippen molar-refractivity contribution in [2.75, 3.05) is 7.05 Å². The Balaban J connectivity index is 0. The second-order valence-electron chi connectivity index (χ2n) is 3.24. The van der Waals surface area contributed by atoms with E-state index >= 15 is 0 Å². The van der Waals surface area contributed by atoms with E-state index in [4.69, 9.17) is 12.2 Å². The van der Waals surface area contributed by atoms with Gasteiger partial charge in [-0.25, -0.2) is 0 Å². The van der Waals surface area contributed by atoms with Gasteiger partial charge in [0.15, 0.2) is 0 Å². The minimum Gasteiger partial charge on any atom is -0.364 e. The highest BCUT2D eigenvalue weighted by Gasteiger charge is 2.20. The molecule has 0 aromatic heterocycles. The lowest BCUT2D eigenvalue weighted by Crippen LogP contribution is -2.42. The van der Waals surface area contributed by atoms with E-state index in [9.17, 15) is 0 Å². The van der Waals surface area contributed by atoms with E-state index in [0.717, 1.165) is 11.4 Å². The Labute approximate surface area is 83.1 Å². The van der Waals surface area contributed by atoms with Crippen LogP contribution in [0.25, 0.3) is 0 Å². The van der Waals surface area contributed by atoms with E-state index in [1.165, 1.54) is 0 Å². The first-order valence-electron chi connectivity index (χ1n) is 4.66. The van der Waals surface area contributed by atoms with Gasteiger partial charge in [-0.05, 0) is 27.2 Å². The van der Waals surface area contributed by atoms with Crippen molar-refractivity contribution < 1.29 is 0 Å². The highest BCUT2D eigenvalue weighted by atomic mass is 32.1. The Hall–Kier alpha value is -0.110. The molecule has 0 saturated carbocycles. The molecule has 0 aromatic carbocycles. The lowest BCUT2D eigenvalue weighted by atomic mass is 10.0. The second kappa shape index (κ2) is 6.41. The van der Waals surface area contributed by atoms with Crippen molar-refractivity contribution in [2.24, 2.45) is 0 Å². The minimum absolute atomic E-state index is 0.214. The van der Waals surface area contributed by atoms with Crippen molar-refractivity contribution in [3.8, 4) is 0 Å². The summed E-state index contributed by atoms with van der Waals surface area (Å²) in [6.07, 6.45) is 1.12. The summed E-state index contributed by atoms with van der Waals surface area (Å²) in [5.41, 5.74) is 0.214. The van der Waals surface area contributed by atoms with Crippen LogP contribution in [0.3, 0.4) is 0 Å². The normalized spacial score (nSPS) is 9.92. The Morgan fingerprint density at radius 3 is 1.75 bits per heavy atom. The standard InChI is InChI=1S/C8H17NS.C2H6/c1-6-8(3,4)9(5)7(2)10;1-2/h6H2,1-5H3;1-2H3. The summed E-state index contributed by atoms with van der Waals surface area (Å²) in [5.74, 6) is 0. The fourth-order valence-corrected chi connectivity index (χ4v) is 0.911. The molecule has 0 spiro atoms. The molecule has 0 aromatic rings. The van der Waals surface area contributed by atoms with Crippen molar-refractivity contribution in [1.29, 1.82) is 0 Å². The van der Waals surface area contributed by atoms with Crippen LogP contribution in [0.5, 0.6) is 0 Å². The number of hydrogen-bond donors (Lipinski definition) is 0. The summed E-state index contributed by atoms with van der Waals surface area (Å²) in [6.45, 7) is 12.5. The molecule has 0 heterocycles. The van der Waals surface area contributed by atoms with Crippen molar-refractivity contribution in [1.82, 2.24) is 4.90 Å². The molecule has 1 nitrogen and oxygen atoms in total. The summed E-state index contributed by atoms with van der Waals surface area (Å²) in [6, 6.07) is 0. The Morgan fingerprint density at radius 1 is 1.33 bits per heavy atom. The molecule has 0 aliphatic carbocycles. The van der Waals surface area contributed by atoms with E-state index in [-0.39, 0.29) is 5.54 Å². The minimum atomic E-state index is 0.214. The molecule has 0 radical (unpaired) electrons. The number of nitrogens with zero attached hydrogens (tertiary/aromatic N) is 1. The molecule has 0 saturated heterocycles. The van der Waals surface area contributed by atoms with Gasteiger partial charge in [0.1, 0.15) is 0 Å². The van der Waals surface area contributed by atoms with E-state index in [1.54, 1.807) is 0 Å². The van der Waals surface area contributed by atoms with Crippen molar-refractivity contribution in [3.63, 3.8) is 0 Å². The SMILES string of the molecule is CC.CCC(C)(C)N(C)C(C)=S. The number of rotatable bonds is 2. The molecule has 0 amide bonds. The predicted molar refractivity (Wildman–Crippen MR) is 61.8 cm³/mol. The third kappa shape index (κ3) is 4.70. The van der Waals surface area contributed by atoms with Crippen LogP contribution in [0.4, 0.5) is 0 Å². The lowest BCUT2D eigenvalue weighted by Gasteiger charge is -2.35. The molecule has 0 bridgehead atoms. The highest BCUT2D eigenvalue weighted by molar-refractivity contribution is 7.80. The van der Waals surface area contributed by atoms with Gasteiger partial charge in [0.25, 0.3) is 0 Å². The van der Waals surface area contributed by atoms with Gasteiger partial charge in [-0.15, -0.1) is 0 Å². The van der Waals surface area contributed by atoms with Gasteiger partial charge < -0.3 is 4.90 Å². The third-order valence-corrected chi connectivity index (χ3v) is 2.52. The van der Waals surface area contributed by atoms with E-state index < -0.39 is 0 Å². The van der Waals surface area contributed by atoms with Crippen molar-refractivity contribution in [3.05, 3.63) is 0 Å². The summed E-state index contributed by atoms with van der Waals surface area (Å²) in [7, 11) is 2.05. The molecule has 0 atom stereocenters. The Bertz CT molecular complexity index is 130. The van der Waals surface area contributed by atoms with Gasteiger partial charge in [-0.3, -0.25) is 0 Å². The van der Waals surface area contributed by atoms with E-state index in [0.29, 0.717) is 0 Å². The molecule has 0 unspecified atom stereocenters. The average molecular weight is 189 g/mol. The van der Waals surface area contributed by atoms with Crippen molar-refractivity contribution in [2.45, 2.75) is 53.5 Å². The molecule has 0 aliphatic heterocycles. The molecule has 12 heavy (non-hydrogen) atoms. The summed E-state index contributed by atoms with van der Waals surface area (Å²) < 4.78 is 0. The number of thiocarbonyl (C=S) groups is 1. The molecule has 2 heteroatoms. The van der Waals surface area contributed by atoms with Crippen LogP contribution in [0.1, 0.15) is 48.0 Å². The van der Waals surface area contributed by atoms with Gasteiger partial charge in [0.05, 0.1) is 4.99 Å². The molecule has 0 N–H and O–H groups in total. The molecule has 74 valence electrons. The van der Waals surface area contributed by atoms with Gasteiger partial charge in [0.2, 0.25) is 0 Å². The third-order valence-electron chi connectivity index (χ3n) is 2.25. The topological polar surface area (TPSA) is 3.24 Å². The fraction of sp³-hybridized carbons (Fsp3) is 0.900. The monoisotopic (exact) mass is 189 g/mol. The maximum atomic E-state index is 5.06. The maximum Gasteiger partial charge on any atom is 0.0749 e.